The Balaban J connectivity index is 1.76. The average Bonchev–Trinajstić information content (AvgIpc) is 2.49. The van der Waals surface area contributed by atoms with Gasteiger partial charge in [-0.3, -0.25) is 9.59 Å². The molecule has 1 atom stereocenters. The van der Waals surface area contributed by atoms with Crippen LogP contribution in [0.3, 0.4) is 0 Å². The predicted octanol–water partition coefficient (Wildman–Crippen LogP) is 2.43. The Morgan fingerprint density at radius 1 is 1.33 bits per heavy atom. The fraction of sp³-hybridized carbons (Fsp3) is 0.467. The molecule has 1 saturated heterocycles. The molecular formula is C15H18ClNO4. The number of carbonyl (C=O) groups excluding carboxylic acids is 1. The van der Waals surface area contributed by atoms with E-state index in [4.69, 9.17) is 21.4 Å². The van der Waals surface area contributed by atoms with Gasteiger partial charge in [0.1, 0.15) is 5.75 Å². The molecule has 1 fully saturated rings. The first kappa shape index (κ1) is 15.6. The number of piperidine rings is 1. The van der Waals surface area contributed by atoms with Gasteiger partial charge in [-0.05, 0) is 37.1 Å². The van der Waals surface area contributed by atoms with Crippen molar-refractivity contribution in [3.05, 3.63) is 29.3 Å². The van der Waals surface area contributed by atoms with Crippen LogP contribution in [0.15, 0.2) is 24.3 Å². The number of halogens is 1. The SMILES string of the molecule is O=C(O)[C@@H]1CCCN(C(=O)CCOc2ccc(Cl)cc2)C1. The molecule has 0 aliphatic carbocycles. The van der Waals surface area contributed by atoms with Crippen LogP contribution in [0.5, 0.6) is 5.75 Å². The highest BCUT2D eigenvalue weighted by Gasteiger charge is 2.27. The van der Waals surface area contributed by atoms with Crippen LogP contribution in [0.25, 0.3) is 0 Å². The number of amides is 1. The third kappa shape index (κ3) is 4.63. The van der Waals surface area contributed by atoms with Crippen molar-refractivity contribution in [3.63, 3.8) is 0 Å². The van der Waals surface area contributed by atoms with Crippen molar-refractivity contribution >= 4 is 23.5 Å². The second-order valence-electron chi connectivity index (χ2n) is 5.07. The molecule has 5 nitrogen and oxygen atoms in total. The first-order valence-corrected chi connectivity index (χ1v) is 7.33. The normalized spacial score (nSPS) is 18.3. The second kappa shape index (κ2) is 7.31. The molecule has 1 aromatic carbocycles. The minimum absolute atomic E-state index is 0.0603. The van der Waals surface area contributed by atoms with Gasteiger partial charge in [-0.25, -0.2) is 0 Å². The Kier molecular flexibility index (Phi) is 5.44. The van der Waals surface area contributed by atoms with E-state index in [1.165, 1.54) is 0 Å². The van der Waals surface area contributed by atoms with Crippen LogP contribution in [-0.4, -0.2) is 41.6 Å². The number of benzene rings is 1. The van der Waals surface area contributed by atoms with Crippen molar-refractivity contribution in [2.75, 3.05) is 19.7 Å². The van der Waals surface area contributed by atoms with E-state index in [2.05, 4.69) is 0 Å². The molecule has 1 aliphatic rings. The number of hydrogen-bond donors (Lipinski definition) is 1. The van der Waals surface area contributed by atoms with E-state index in [9.17, 15) is 9.59 Å². The summed E-state index contributed by atoms with van der Waals surface area (Å²) in [6, 6.07) is 6.93. The number of carboxylic acids is 1. The number of carboxylic acid groups (broad SMARTS) is 1. The smallest absolute Gasteiger partial charge is 0.308 e. The first-order chi connectivity index (χ1) is 10.1. The summed E-state index contributed by atoms with van der Waals surface area (Å²) < 4.78 is 5.47. The molecule has 6 heteroatoms. The van der Waals surface area contributed by atoms with Crippen LogP contribution < -0.4 is 4.74 Å². The van der Waals surface area contributed by atoms with Gasteiger partial charge in [0.2, 0.25) is 5.91 Å². The lowest BCUT2D eigenvalue weighted by Gasteiger charge is -2.30. The summed E-state index contributed by atoms with van der Waals surface area (Å²) in [7, 11) is 0. The Bertz CT molecular complexity index is 503. The lowest BCUT2D eigenvalue weighted by Crippen LogP contribution is -2.42. The van der Waals surface area contributed by atoms with E-state index >= 15 is 0 Å². The summed E-state index contributed by atoms with van der Waals surface area (Å²) in [5, 5.41) is 9.64. The van der Waals surface area contributed by atoms with Gasteiger partial charge in [0.15, 0.2) is 0 Å². The molecule has 1 aromatic rings. The Morgan fingerprint density at radius 3 is 2.71 bits per heavy atom. The molecule has 0 unspecified atom stereocenters. The standard InChI is InChI=1S/C15H18ClNO4/c16-12-3-5-13(6-4-12)21-9-7-14(18)17-8-1-2-11(10-17)15(19)20/h3-6,11H,1-2,7-10H2,(H,19,20)/t11-/m1/s1. The van der Waals surface area contributed by atoms with E-state index < -0.39 is 11.9 Å². The van der Waals surface area contributed by atoms with E-state index in [0.29, 0.717) is 30.3 Å². The van der Waals surface area contributed by atoms with Gasteiger partial charge in [-0.1, -0.05) is 11.6 Å². The van der Waals surface area contributed by atoms with E-state index in [0.717, 1.165) is 6.42 Å². The number of likely N-dealkylation sites (tertiary alicyclic amines) is 1. The van der Waals surface area contributed by atoms with Crippen molar-refractivity contribution in [1.82, 2.24) is 4.90 Å². The molecule has 0 saturated carbocycles. The van der Waals surface area contributed by atoms with Gasteiger partial charge in [-0.2, -0.15) is 0 Å². The van der Waals surface area contributed by atoms with Gasteiger partial charge in [0, 0.05) is 18.1 Å². The summed E-state index contributed by atoms with van der Waals surface area (Å²) in [6.07, 6.45) is 1.62. The maximum absolute atomic E-state index is 12.0. The number of hydrogen-bond acceptors (Lipinski definition) is 3. The third-order valence-electron chi connectivity index (χ3n) is 3.52. The molecule has 0 bridgehead atoms. The van der Waals surface area contributed by atoms with E-state index in [-0.39, 0.29) is 18.9 Å². The van der Waals surface area contributed by atoms with Crippen LogP contribution in [0.4, 0.5) is 0 Å². The zero-order valence-corrected chi connectivity index (χ0v) is 12.4. The fourth-order valence-corrected chi connectivity index (χ4v) is 2.48. The van der Waals surface area contributed by atoms with Gasteiger partial charge >= 0.3 is 5.97 Å². The molecule has 1 heterocycles. The molecule has 0 spiro atoms. The molecule has 1 amide bonds. The van der Waals surface area contributed by atoms with Gasteiger partial charge in [-0.15, -0.1) is 0 Å². The summed E-state index contributed by atoms with van der Waals surface area (Å²) in [5.41, 5.74) is 0. The Hall–Kier alpha value is -1.75. The van der Waals surface area contributed by atoms with Crippen LogP contribution in [0.2, 0.25) is 5.02 Å². The monoisotopic (exact) mass is 311 g/mol. The average molecular weight is 312 g/mol. The molecule has 1 aliphatic heterocycles. The quantitative estimate of drug-likeness (QED) is 0.907. The van der Waals surface area contributed by atoms with Crippen molar-refractivity contribution in [2.45, 2.75) is 19.3 Å². The first-order valence-electron chi connectivity index (χ1n) is 6.95. The Morgan fingerprint density at radius 2 is 2.05 bits per heavy atom. The molecule has 21 heavy (non-hydrogen) atoms. The lowest BCUT2D eigenvalue weighted by molar-refractivity contribution is -0.145. The van der Waals surface area contributed by atoms with Gasteiger partial charge in [0.05, 0.1) is 18.9 Å². The molecule has 1 N–H and O–H groups in total. The number of aliphatic carboxylic acids is 1. The summed E-state index contributed by atoms with van der Waals surface area (Å²) in [4.78, 5) is 24.6. The van der Waals surface area contributed by atoms with Crippen molar-refractivity contribution < 1.29 is 19.4 Å². The summed E-state index contributed by atoms with van der Waals surface area (Å²) >= 11 is 5.77. The molecule has 114 valence electrons. The maximum Gasteiger partial charge on any atom is 0.308 e. The molecule has 0 aromatic heterocycles. The van der Waals surface area contributed by atoms with Gasteiger partial charge in [0.25, 0.3) is 0 Å². The predicted molar refractivity (Wildman–Crippen MR) is 78.5 cm³/mol. The minimum atomic E-state index is -0.829. The maximum atomic E-state index is 12.0. The second-order valence-corrected chi connectivity index (χ2v) is 5.51. The van der Waals surface area contributed by atoms with Crippen LogP contribution >= 0.6 is 11.6 Å². The molecule has 2 rings (SSSR count). The number of ether oxygens (including phenoxy) is 1. The molecule has 0 radical (unpaired) electrons. The number of carbonyl (C=O) groups is 2. The van der Waals surface area contributed by atoms with E-state index in [1.807, 2.05) is 0 Å². The topological polar surface area (TPSA) is 66.8 Å². The van der Waals surface area contributed by atoms with Crippen molar-refractivity contribution in [2.24, 2.45) is 5.92 Å². The highest BCUT2D eigenvalue weighted by molar-refractivity contribution is 6.30. The van der Waals surface area contributed by atoms with Crippen molar-refractivity contribution in [3.8, 4) is 5.75 Å². The zero-order chi connectivity index (χ0) is 15.2. The fourth-order valence-electron chi connectivity index (χ4n) is 2.35. The molecular weight excluding hydrogens is 294 g/mol. The zero-order valence-electron chi connectivity index (χ0n) is 11.6. The summed E-state index contributed by atoms with van der Waals surface area (Å²) in [5.74, 6) is -0.672. The number of nitrogens with zero attached hydrogens (tertiary/aromatic N) is 1. The Labute approximate surface area is 128 Å². The van der Waals surface area contributed by atoms with Gasteiger partial charge < -0.3 is 14.7 Å². The minimum Gasteiger partial charge on any atom is -0.493 e. The highest BCUT2D eigenvalue weighted by atomic mass is 35.5. The van der Waals surface area contributed by atoms with E-state index in [1.54, 1.807) is 29.2 Å². The van der Waals surface area contributed by atoms with Crippen LogP contribution in [-0.2, 0) is 9.59 Å². The summed E-state index contributed by atoms with van der Waals surface area (Å²) in [6.45, 7) is 1.20. The highest BCUT2D eigenvalue weighted by Crippen LogP contribution is 2.18. The largest absolute Gasteiger partial charge is 0.493 e. The van der Waals surface area contributed by atoms with Crippen LogP contribution in [0, 0.1) is 5.92 Å². The number of rotatable bonds is 5. The lowest BCUT2D eigenvalue weighted by atomic mass is 9.98. The van der Waals surface area contributed by atoms with Crippen LogP contribution in [0.1, 0.15) is 19.3 Å². The van der Waals surface area contributed by atoms with Crippen molar-refractivity contribution in [1.29, 1.82) is 0 Å². The third-order valence-corrected chi connectivity index (χ3v) is 3.77.